The molecule has 1 saturated heterocycles. The van der Waals surface area contributed by atoms with Crippen LogP contribution in [0, 0.1) is 18.8 Å². The average Bonchev–Trinajstić information content (AvgIpc) is 3.71. The number of aromatic hydroxyl groups is 1. The van der Waals surface area contributed by atoms with Crippen molar-refractivity contribution in [1.82, 2.24) is 39.6 Å². The van der Waals surface area contributed by atoms with Crippen molar-refractivity contribution in [2.24, 2.45) is 0 Å². The lowest BCUT2D eigenvalue weighted by atomic mass is 10.0. The van der Waals surface area contributed by atoms with Crippen LogP contribution in [0.1, 0.15) is 47.3 Å². The molecule has 0 saturated carbocycles. The van der Waals surface area contributed by atoms with Crippen LogP contribution in [0.5, 0.6) is 5.75 Å². The Labute approximate surface area is 284 Å². The summed E-state index contributed by atoms with van der Waals surface area (Å²) in [6.07, 6.45) is 2.96. The number of H-pyrrole nitrogens is 1. The summed E-state index contributed by atoms with van der Waals surface area (Å²) in [5.41, 5.74) is 9.47. The predicted octanol–water partition coefficient (Wildman–Crippen LogP) is 4.00. The smallest absolute Gasteiger partial charge is 0.260 e. The number of carbonyl (C=O) groups excluding carboxylic acids is 1. The maximum absolute atomic E-state index is 13.7. The number of aromatic amines is 1. The van der Waals surface area contributed by atoms with Crippen LogP contribution in [0.3, 0.4) is 0 Å². The third-order valence-corrected chi connectivity index (χ3v) is 9.18. The molecule has 0 spiro atoms. The van der Waals surface area contributed by atoms with Gasteiger partial charge in [-0.05, 0) is 37.6 Å². The first-order valence-electron chi connectivity index (χ1n) is 15.9. The standard InChI is InChI=1S/C35H33N9O4S/c1-21-39-27(19-49-21)25(18-44-34-30(32(36)37-20-38-34)31(42-44)23-9-5-10-24(45)17-23)33-40-26-11-6-8-22(29(26)35(47)41-33)7-3-2-4-12-28(46)43-13-15-48-16-14-43/h5-6,8-11,17,19-20,25,45H,2,4,12-16,18H2,1H3,(H2,36,37,38)(H,40,41,47). The van der Waals surface area contributed by atoms with E-state index in [2.05, 4.69) is 26.8 Å². The summed E-state index contributed by atoms with van der Waals surface area (Å²) in [4.78, 5) is 49.4. The molecule has 1 aliphatic heterocycles. The van der Waals surface area contributed by atoms with E-state index in [0.29, 0.717) is 90.1 Å². The number of benzene rings is 2. The SMILES string of the molecule is Cc1nc(C(Cn2nc(-c3cccc(O)c3)c3c(N)ncnc32)c2nc3cccc(C#CCCCC(=O)N4CCOCC4)c3c(=O)[nH]2)cs1. The van der Waals surface area contributed by atoms with Gasteiger partial charge in [0.2, 0.25) is 5.91 Å². The zero-order chi connectivity index (χ0) is 33.9. The molecule has 5 heterocycles. The minimum absolute atomic E-state index is 0.0901. The number of hydrogen-bond donors (Lipinski definition) is 3. The number of nitrogens with two attached hydrogens (primary N) is 1. The number of morpholine rings is 1. The number of ether oxygens (including phenoxy) is 1. The highest BCUT2D eigenvalue weighted by molar-refractivity contribution is 7.09. The average molecular weight is 676 g/mol. The molecule has 1 fully saturated rings. The fourth-order valence-corrected chi connectivity index (χ4v) is 6.65. The van der Waals surface area contributed by atoms with Crippen LogP contribution in [0.2, 0.25) is 0 Å². The quantitative estimate of drug-likeness (QED) is 0.158. The fraction of sp³-hybridized carbons (Fsp3) is 0.286. The number of anilines is 1. The second kappa shape index (κ2) is 13.8. The van der Waals surface area contributed by atoms with Crippen molar-refractivity contribution in [2.45, 2.75) is 38.6 Å². The van der Waals surface area contributed by atoms with Gasteiger partial charge in [-0.3, -0.25) is 9.59 Å². The maximum atomic E-state index is 13.7. The zero-order valence-corrected chi connectivity index (χ0v) is 27.5. The number of unbranched alkanes of at least 4 members (excludes halogenated alkanes) is 1. The van der Waals surface area contributed by atoms with Crippen molar-refractivity contribution in [1.29, 1.82) is 0 Å². The first kappa shape index (κ1) is 31.9. The summed E-state index contributed by atoms with van der Waals surface area (Å²) in [5.74, 6) is 6.64. The number of nitrogen functional groups attached to an aromatic ring is 1. The number of phenolic OH excluding ortho intramolecular Hbond substituents is 1. The molecule has 1 amide bonds. The van der Waals surface area contributed by atoms with Gasteiger partial charge in [-0.15, -0.1) is 11.3 Å². The lowest BCUT2D eigenvalue weighted by Crippen LogP contribution is -2.40. The number of fused-ring (bicyclic) bond motifs is 2. The molecular formula is C35H33N9O4S. The van der Waals surface area contributed by atoms with Crippen LogP contribution in [0.15, 0.2) is 59.0 Å². The number of nitrogens with zero attached hydrogens (tertiary/aromatic N) is 7. The molecule has 14 heteroatoms. The van der Waals surface area contributed by atoms with Gasteiger partial charge in [0, 0.05) is 42.4 Å². The highest BCUT2D eigenvalue weighted by Crippen LogP contribution is 2.34. The van der Waals surface area contributed by atoms with E-state index < -0.39 is 5.92 Å². The van der Waals surface area contributed by atoms with E-state index in [1.807, 2.05) is 29.3 Å². The summed E-state index contributed by atoms with van der Waals surface area (Å²) in [6.45, 7) is 4.56. The van der Waals surface area contributed by atoms with E-state index in [9.17, 15) is 14.7 Å². The Bertz CT molecular complexity index is 2300. The molecule has 2 aromatic carbocycles. The van der Waals surface area contributed by atoms with Crippen molar-refractivity contribution in [3.8, 4) is 28.8 Å². The van der Waals surface area contributed by atoms with Gasteiger partial charge < -0.3 is 25.5 Å². The molecule has 1 aliphatic rings. The van der Waals surface area contributed by atoms with Gasteiger partial charge in [0.15, 0.2) is 5.65 Å². The van der Waals surface area contributed by atoms with Crippen LogP contribution in [-0.2, 0) is 16.1 Å². The Hall–Kier alpha value is -5.65. The molecule has 0 aliphatic carbocycles. The predicted molar refractivity (Wildman–Crippen MR) is 186 cm³/mol. The van der Waals surface area contributed by atoms with Crippen molar-refractivity contribution in [3.63, 3.8) is 0 Å². The molecule has 248 valence electrons. The fourth-order valence-electron chi connectivity index (χ4n) is 5.98. The van der Waals surface area contributed by atoms with Gasteiger partial charge >= 0.3 is 0 Å². The van der Waals surface area contributed by atoms with E-state index >= 15 is 0 Å². The molecular weight excluding hydrogens is 643 g/mol. The van der Waals surface area contributed by atoms with E-state index in [-0.39, 0.29) is 29.6 Å². The topological polar surface area (TPSA) is 178 Å². The molecule has 4 aromatic heterocycles. The largest absolute Gasteiger partial charge is 0.508 e. The molecule has 1 unspecified atom stereocenters. The number of carbonyl (C=O) groups is 1. The number of hydrogen-bond acceptors (Lipinski definition) is 11. The van der Waals surface area contributed by atoms with E-state index in [0.717, 1.165) is 10.7 Å². The number of nitrogens with one attached hydrogen (secondary N) is 1. The lowest BCUT2D eigenvalue weighted by Gasteiger charge is -2.26. The monoisotopic (exact) mass is 675 g/mol. The van der Waals surface area contributed by atoms with Gasteiger partial charge in [0.25, 0.3) is 5.56 Å². The maximum Gasteiger partial charge on any atom is 0.260 e. The van der Waals surface area contributed by atoms with Crippen molar-refractivity contribution < 1.29 is 14.6 Å². The molecule has 0 radical (unpaired) electrons. The van der Waals surface area contributed by atoms with Crippen LogP contribution >= 0.6 is 11.3 Å². The highest BCUT2D eigenvalue weighted by atomic mass is 32.1. The summed E-state index contributed by atoms with van der Waals surface area (Å²) in [7, 11) is 0. The van der Waals surface area contributed by atoms with Crippen LogP contribution in [-0.4, -0.2) is 76.9 Å². The summed E-state index contributed by atoms with van der Waals surface area (Å²) < 4.78 is 7.03. The van der Waals surface area contributed by atoms with Crippen LogP contribution in [0.25, 0.3) is 33.2 Å². The second-order valence-corrected chi connectivity index (χ2v) is 12.7. The molecule has 13 nitrogen and oxygen atoms in total. The Kier molecular flexibility index (Phi) is 9.01. The van der Waals surface area contributed by atoms with Crippen LogP contribution < -0.4 is 11.3 Å². The summed E-state index contributed by atoms with van der Waals surface area (Å²) in [6, 6.07) is 12.2. The molecule has 0 bridgehead atoms. The van der Waals surface area contributed by atoms with Gasteiger partial charge in [0.05, 0.1) is 52.7 Å². The minimum Gasteiger partial charge on any atom is -0.508 e. The molecule has 4 N–H and O–H groups in total. The number of phenols is 1. The van der Waals surface area contributed by atoms with Crippen LogP contribution in [0.4, 0.5) is 5.82 Å². The Morgan fingerprint density at radius 1 is 1.14 bits per heavy atom. The molecule has 6 aromatic rings. The lowest BCUT2D eigenvalue weighted by molar-refractivity contribution is -0.135. The first-order chi connectivity index (χ1) is 23.9. The van der Waals surface area contributed by atoms with Gasteiger partial charge in [0.1, 0.15) is 29.4 Å². The minimum atomic E-state index is -0.503. The van der Waals surface area contributed by atoms with Crippen molar-refractivity contribution in [3.05, 3.63) is 86.6 Å². The first-order valence-corrected chi connectivity index (χ1v) is 16.8. The van der Waals surface area contributed by atoms with Gasteiger partial charge in [-0.25, -0.2) is 24.6 Å². The Balaban J connectivity index is 1.20. The summed E-state index contributed by atoms with van der Waals surface area (Å²) in [5, 5.41) is 18.8. The highest BCUT2D eigenvalue weighted by Gasteiger charge is 2.26. The van der Waals surface area contributed by atoms with E-state index in [4.69, 9.17) is 25.5 Å². The van der Waals surface area contributed by atoms with Crippen molar-refractivity contribution in [2.75, 3.05) is 32.0 Å². The normalized spacial score (nSPS) is 13.8. The molecule has 7 rings (SSSR count). The summed E-state index contributed by atoms with van der Waals surface area (Å²) >= 11 is 1.50. The number of amides is 1. The molecule has 49 heavy (non-hydrogen) atoms. The number of aromatic nitrogens is 7. The Morgan fingerprint density at radius 3 is 2.78 bits per heavy atom. The number of aryl methyl sites for hydroxylation is 1. The second-order valence-electron chi connectivity index (χ2n) is 11.7. The van der Waals surface area contributed by atoms with Gasteiger partial charge in [-0.2, -0.15) is 5.10 Å². The third-order valence-electron chi connectivity index (χ3n) is 8.39. The van der Waals surface area contributed by atoms with E-state index in [1.54, 1.807) is 35.0 Å². The number of thiazole rings is 1. The zero-order valence-electron chi connectivity index (χ0n) is 26.7. The third kappa shape index (κ3) is 6.71. The van der Waals surface area contributed by atoms with E-state index in [1.165, 1.54) is 17.7 Å². The Morgan fingerprint density at radius 2 is 1.98 bits per heavy atom. The van der Waals surface area contributed by atoms with Gasteiger partial charge in [-0.1, -0.05) is 30.0 Å². The number of rotatable bonds is 8. The molecule has 1 atom stereocenters. The van der Waals surface area contributed by atoms with Crippen molar-refractivity contribution >= 4 is 45.0 Å².